The van der Waals surface area contributed by atoms with Crippen molar-refractivity contribution in [2.24, 2.45) is 5.73 Å². The van der Waals surface area contributed by atoms with Crippen LogP contribution in [0.1, 0.15) is 23.6 Å². The molecule has 0 radical (unpaired) electrons. The quantitative estimate of drug-likeness (QED) is 0.178. The Morgan fingerprint density at radius 3 is 1.62 bits per heavy atom. The fourth-order valence-corrected chi connectivity index (χ4v) is 4.52. The van der Waals surface area contributed by atoms with E-state index in [0.29, 0.717) is 0 Å². The number of amides is 2. The fraction of sp³-hybridized carbons (Fsp3) is 0.290. The number of ether oxygens (including phenoxy) is 3. The maximum absolute atomic E-state index is 12.9. The second-order valence-corrected chi connectivity index (χ2v) is 10.4. The van der Waals surface area contributed by atoms with Gasteiger partial charge in [0, 0.05) is 11.5 Å². The Kier molecular flexibility index (Phi) is 13.4. The Balaban J connectivity index is 1.47. The highest BCUT2D eigenvalue weighted by atomic mass is 32.2. The molecular weight excluding hydrogens is 558 g/mol. The van der Waals surface area contributed by atoms with Crippen LogP contribution in [-0.2, 0) is 48.4 Å². The van der Waals surface area contributed by atoms with Gasteiger partial charge in [-0.2, -0.15) is 11.8 Å². The lowest BCUT2D eigenvalue weighted by Crippen LogP contribution is -2.49. The first-order valence-electron chi connectivity index (χ1n) is 13.3. The molecule has 0 aliphatic heterocycles. The van der Waals surface area contributed by atoms with Gasteiger partial charge in [0.15, 0.2) is 0 Å². The maximum atomic E-state index is 12.9. The van der Waals surface area contributed by atoms with Crippen molar-refractivity contribution in [1.29, 1.82) is 0 Å². The predicted octanol–water partition coefficient (Wildman–Crippen LogP) is 3.33. The number of thioether (sulfide) groups is 1. The van der Waals surface area contributed by atoms with E-state index >= 15 is 0 Å². The van der Waals surface area contributed by atoms with Crippen LogP contribution in [0.3, 0.4) is 0 Å². The first kappa shape index (κ1) is 32.2. The monoisotopic (exact) mass is 593 g/mol. The first-order valence-corrected chi connectivity index (χ1v) is 14.5. The van der Waals surface area contributed by atoms with Crippen LogP contribution >= 0.6 is 11.8 Å². The van der Waals surface area contributed by atoms with E-state index in [2.05, 4.69) is 10.6 Å². The highest BCUT2D eigenvalue weighted by Crippen LogP contribution is 2.10. The summed E-state index contributed by atoms with van der Waals surface area (Å²) >= 11 is 1.17. The van der Waals surface area contributed by atoms with Crippen molar-refractivity contribution in [2.45, 2.75) is 44.9 Å². The molecule has 0 bridgehead atoms. The summed E-state index contributed by atoms with van der Waals surface area (Å²) in [4.78, 5) is 50.1. The summed E-state index contributed by atoms with van der Waals surface area (Å²) in [5.41, 5.74) is 8.44. The average molecular weight is 594 g/mol. The maximum Gasteiger partial charge on any atom is 0.408 e. The van der Waals surface area contributed by atoms with Crippen molar-refractivity contribution in [2.75, 3.05) is 11.5 Å². The fourth-order valence-electron chi connectivity index (χ4n) is 3.53. The molecule has 11 heteroatoms. The molecule has 3 aromatic rings. The summed E-state index contributed by atoms with van der Waals surface area (Å²) in [7, 11) is 0. The molecule has 10 nitrogen and oxygen atoms in total. The molecule has 3 aromatic carbocycles. The third kappa shape index (κ3) is 11.6. The van der Waals surface area contributed by atoms with E-state index in [1.54, 1.807) is 0 Å². The molecule has 0 saturated heterocycles. The van der Waals surface area contributed by atoms with Crippen LogP contribution < -0.4 is 16.4 Å². The number of alkyl carbamates (subject to hydrolysis) is 1. The summed E-state index contributed by atoms with van der Waals surface area (Å²) < 4.78 is 15.9. The van der Waals surface area contributed by atoms with Crippen LogP contribution in [0.2, 0.25) is 0 Å². The van der Waals surface area contributed by atoms with Crippen molar-refractivity contribution in [1.82, 2.24) is 10.6 Å². The van der Waals surface area contributed by atoms with Gasteiger partial charge in [0.05, 0.1) is 6.04 Å². The van der Waals surface area contributed by atoms with Gasteiger partial charge in [-0.3, -0.25) is 4.79 Å². The lowest BCUT2D eigenvalue weighted by atomic mass is 10.2. The minimum Gasteiger partial charge on any atom is -0.459 e. The zero-order valence-electron chi connectivity index (χ0n) is 23.3. The molecule has 0 aliphatic carbocycles. The number of rotatable bonds is 15. The van der Waals surface area contributed by atoms with Gasteiger partial charge in [-0.25, -0.2) is 14.4 Å². The molecule has 0 aromatic heterocycles. The van der Waals surface area contributed by atoms with Crippen LogP contribution in [0.15, 0.2) is 91.0 Å². The highest BCUT2D eigenvalue weighted by molar-refractivity contribution is 7.99. The van der Waals surface area contributed by atoms with Gasteiger partial charge in [0.1, 0.15) is 31.9 Å². The van der Waals surface area contributed by atoms with Crippen molar-refractivity contribution < 1.29 is 33.4 Å². The molecule has 2 amide bonds. The minimum absolute atomic E-state index is 0.0295. The third-order valence-corrected chi connectivity index (χ3v) is 7.03. The topological polar surface area (TPSA) is 146 Å². The van der Waals surface area contributed by atoms with Crippen LogP contribution in [0.25, 0.3) is 0 Å². The van der Waals surface area contributed by atoms with Crippen LogP contribution in [0.5, 0.6) is 0 Å². The average Bonchev–Trinajstić information content (AvgIpc) is 3.02. The highest BCUT2D eigenvalue weighted by Gasteiger charge is 2.26. The standard InChI is InChI=1S/C31H35N3O7S/c1-22(29(36)39-17-23-11-5-2-6-12-23)33-28(35)26(32)20-42-21-27(30(37)40-18-24-13-7-3-8-14-24)34-31(38)41-19-25-15-9-4-10-16-25/h2-16,22,26-27H,17-21,32H2,1H3,(H,33,35)(H,34,38)/t22-,26-,27+/m1/s1. The zero-order valence-corrected chi connectivity index (χ0v) is 24.1. The van der Waals surface area contributed by atoms with Gasteiger partial charge in [0.2, 0.25) is 5.91 Å². The Hall–Kier alpha value is -4.35. The smallest absolute Gasteiger partial charge is 0.408 e. The SMILES string of the molecule is C[C@@H](NC(=O)[C@H](N)CSC[C@H](NC(=O)OCc1ccccc1)C(=O)OCc1ccccc1)C(=O)OCc1ccccc1. The second kappa shape index (κ2) is 17.5. The van der Waals surface area contributed by atoms with Gasteiger partial charge in [-0.15, -0.1) is 0 Å². The number of nitrogens with two attached hydrogens (primary N) is 1. The predicted molar refractivity (Wildman–Crippen MR) is 159 cm³/mol. The Morgan fingerprint density at radius 1 is 0.667 bits per heavy atom. The molecule has 0 fully saturated rings. The van der Waals surface area contributed by atoms with E-state index in [-0.39, 0.29) is 31.3 Å². The molecule has 0 heterocycles. The molecule has 0 unspecified atom stereocenters. The third-order valence-electron chi connectivity index (χ3n) is 5.87. The largest absolute Gasteiger partial charge is 0.459 e. The van der Waals surface area contributed by atoms with E-state index in [4.69, 9.17) is 19.9 Å². The molecule has 0 aliphatic rings. The van der Waals surface area contributed by atoms with E-state index in [1.807, 2.05) is 91.0 Å². The summed E-state index contributed by atoms with van der Waals surface area (Å²) in [6.07, 6.45) is -0.786. The molecule has 42 heavy (non-hydrogen) atoms. The van der Waals surface area contributed by atoms with Crippen molar-refractivity contribution in [3.63, 3.8) is 0 Å². The Morgan fingerprint density at radius 2 is 1.12 bits per heavy atom. The summed E-state index contributed by atoms with van der Waals surface area (Å²) in [5, 5.41) is 5.09. The molecule has 3 rings (SSSR count). The van der Waals surface area contributed by atoms with Crippen LogP contribution in [-0.4, -0.2) is 53.6 Å². The minimum atomic E-state index is -1.05. The summed E-state index contributed by atoms with van der Waals surface area (Å²) in [5.74, 6) is -1.61. The molecule has 0 saturated carbocycles. The Bertz CT molecular complexity index is 1280. The molecular formula is C31H35N3O7S. The van der Waals surface area contributed by atoms with Crippen molar-refractivity contribution >= 4 is 35.7 Å². The number of hydrogen-bond acceptors (Lipinski definition) is 9. The van der Waals surface area contributed by atoms with Crippen molar-refractivity contribution in [3.05, 3.63) is 108 Å². The van der Waals surface area contributed by atoms with Gasteiger partial charge in [-0.1, -0.05) is 91.0 Å². The number of hydrogen-bond donors (Lipinski definition) is 3. The zero-order chi connectivity index (χ0) is 30.2. The van der Waals surface area contributed by atoms with Gasteiger partial charge >= 0.3 is 18.0 Å². The number of carbonyl (C=O) groups is 4. The van der Waals surface area contributed by atoms with E-state index < -0.39 is 42.1 Å². The first-order chi connectivity index (χ1) is 20.3. The second-order valence-electron chi connectivity index (χ2n) is 9.32. The van der Waals surface area contributed by atoms with Crippen LogP contribution in [0.4, 0.5) is 4.79 Å². The van der Waals surface area contributed by atoms with E-state index in [1.165, 1.54) is 18.7 Å². The molecule has 3 atom stereocenters. The van der Waals surface area contributed by atoms with E-state index in [9.17, 15) is 19.2 Å². The van der Waals surface area contributed by atoms with Gasteiger partial charge in [-0.05, 0) is 23.6 Å². The molecule has 222 valence electrons. The lowest BCUT2D eigenvalue weighted by Gasteiger charge is -2.19. The van der Waals surface area contributed by atoms with E-state index in [0.717, 1.165) is 16.7 Å². The number of nitrogens with one attached hydrogen (secondary N) is 2. The number of carbonyl (C=O) groups excluding carboxylic acids is 4. The Labute approximate surface area is 249 Å². The number of benzene rings is 3. The normalized spacial score (nSPS) is 12.7. The molecule has 4 N–H and O–H groups in total. The lowest BCUT2D eigenvalue weighted by molar-refractivity contribution is -0.148. The van der Waals surface area contributed by atoms with Crippen LogP contribution in [0, 0.1) is 0 Å². The summed E-state index contributed by atoms with van der Waals surface area (Å²) in [6, 6.07) is 24.5. The summed E-state index contributed by atoms with van der Waals surface area (Å²) in [6.45, 7) is 1.66. The van der Waals surface area contributed by atoms with Crippen molar-refractivity contribution in [3.8, 4) is 0 Å². The van der Waals surface area contributed by atoms with Gasteiger partial charge < -0.3 is 30.6 Å². The van der Waals surface area contributed by atoms with Gasteiger partial charge in [0.25, 0.3) is 0 Å². The molecule has 0 spiro atoms. The number of esters is 2.